The molecule has 0 aromatic rings. The van der Waals surface area contributed by atoms with Gasteiger partial charge in [-0.2, -0.15) is 0 Å². The van der Waals surface area contributed by atoms with E-state index in [1.807, 2.05) is 13.8 Å². The Hall–Kier alpha value is -2.27. The van der Waals surface area contributed by atoms with E-state index in [4.69, 9.17) is 4.74 Å². The number of carbonyl (C=O) groups is 3. The molecular weight excluding hydrogens is 380 g/mol. The van der Waals surface area contributed by atoms with Crippen molar-refractivity contribution in [2.45, 2.75) is 67.2 Å². The van der Waals surface area contributed by atoms with Crippen LogP contribution in [0.25, 0.3) is 0 Å². The fourth-order valence-electron chi connectivity index (χ4n) is 3.94. The summed E-state index contributed by atoms with van der Waals surface area (Å²) in [5.74, 6) is -1.67. The third-order valence-electron chi connectivity index (χ3n) is 5.53. The molecule has 1 rings (SSSR count). The number of rotatable bonds is 9. The van der Waals surface area contributed by atoms with E-state index in [1.54, 1.807) is 26.0 Å². The number of ketones is 2. The summed E-state index contributed by atoms with van der Waals surface area (Å²) in [7, 11) is 0. The quantitative estimate of drug-likeness (QED) is 0.251. The molecule has 3 atom stereocenters. The van der Waals surface area contributed by atoms with E-state index in [-0.39, 0.29) is 35.9 Å². The molecule has 0 aliphatic heterocycles. The van der Waals surface area contributed by atoms with Gasteiger partial charge >= 0.3 is 5.97 Å². The first-order chi connectivity index (χ1) is 14.0. The minimum atomic E-state index is -0.599. The standard InChI is InChI=1S/C25H36O5/c1-17(2)8-7-11-25(6)12-9-20(16-26)24(29)21(15-19(5)27)22(25)10-13-30-23(28)14-18(3)4/h8-10,13-14,21-22,26H,7,11-12,15-16H2,1-6H3/b13-10-. The lowest BCUT2D eigenvalue weighted by molar-refractivity contribution is -0.132. The van der Waals surface area contributed by atoms with Crippen LogP contribution in [0, 0.1) is 17.3 Å². The van der Waals surface area contributed by atoms with Crippen LogP contribution in [-0.4, -0.2) is 29.2 Å². The maximum Gasteiger partial charge on any atom is 0.335 e. The van der Waals surface area contributed by atoms with Gasteiger partial charge in [0.05, 0.1) is 12.9 Å². The smallest absolute Gasteiger partial charge is 0.335 e. The highest BCUT2D eigenvalue weighted by Crippen LogP contribution is 2.46. The molecule has 1 aliphatic rings. The second-order valence-corrected chi connectivity index (χ2v) is 8.96. The van der Waals surface area contributed by atoms with Gasteiger partial charge in [0.1, 0.15) is 5.78 Å². The normalized spacial score (nSPS) is 24.1. The number of esters is 1. The van der Waals surface area contributed by atoms with Crippen LogP contribution >= 0.6 is 0 Å². The molecule has 1 aliphatic carbocycles. The molecule has 0 saturated heterocycles. The van der Waals surface area contributed by atoms with Crippen LogP contribution in [0.3, 0.4) is 0 Å². The van der Waals surface area contributed by atoms with Gasteiger partial charge < -0.3 is 14.6 Å². The summed E-state index contributed by atoms with van der Waals surface area (Å²) >= 11 is 0. The van der Waals surface area contributed by atoms with Crippen LogP contribution in [0.1, 0.15) is 67.2 Å². The Labute approximate surface area is 180 Å². The molecule has 0 heterocycles. The van der Waals surface area contributed by atoms with E-state index in [9.17, 15) is 19.5 Å². The SMILES string of the molecule is CC(=O)CC1C(=O)C(CO)=CCC(C)(CCC=C(C)C)C1/C=C\OC(=O)C=C(C)C. The second kappa shape index (κ2) is 11.8. The topological polar surface area (TPSA) is 80.7 Å². The molecule has 5 nitrogen and oxygen atoms in total. The number of carbonyl (C=O) groups excluding carboxylic acids is 3. The molecule has 0 amide bonds. The molecule has 0 radical (unpaired) electrons. The van der Waals surface area contributed by atoms with Crippen molar-refractivity contribution >= 4 is 17.5 Å². The predicted molar refractivity (Wildman–Crippen MR) is 119 cm³/mol. The van der Waals surface area contributed by atoms with Crippen LogP contribution in [0.5, 0.6) is 0 Å². The number of Topliss-reactive ketones (excluding diaryl/α,β-unsaturated/α-hetero) is 2. The van der Waals surface area contributed by atoms with Gasteiger partial charge in [-0.1, -0.05) is 30.2 Å². The number of allylic oxidation sites excluding steroid dienone is 5. The molecule has 0 bridgehead atoms. The Balaban J connectivity index is 3.33. The van der Waals surface area contributed by atoms with Crippen molar-refractivity contribution in [2.24, 2.45) is 17.3 Å². The summed E-state index contributed by atoms with van der Waals surface area (Å²) in [6.45, 7) is 10.9. The molecule has 166 valence electrons. The minimum Gasteiger partial charge on any atom is -0.432 e. The Bertz CT molecular complexity index is 760. The molecule has 5 heteroatoms. The van der Waals surface area contributed by atoms with E-state index in [1.165, 1.54) is 24.8 Å². The molecular formula is C25H36O5. The van der Waals surface area contributed by atoms with Gasteiger partial charge in [-0.3, -0.25) is 4.79 Å². The molecule has 1 N–H and O–H groups in total. The summed E-state index contributed by atoms with van der Waals surface area (Å²) in [6, 6.07) is 0. The Morgan fingerprint density at radius 3 is 2.40 bits per heavy atom. The van der Waals surface area contributed by atoms with Crippen molar-refractivity contribution in [3.63, 3.8) is 0 Å². The average Bonchev–Trinajstić information content (AvgIpc) is 2.71. The predicted octanol–water partition coefficient (Wildman–Crippen LogP) is 4.87. The summed E-state index contributed by atoms with van der Waals surface area (Å²) in [4.78, 5) is 36.9. The van der Waals surface area contributed by atoms with Gasteiger partial charge in [-0.25, -0.2) is 4.79 Å². The molecule has 3 unspecified atom stereocenters. The summed E-state index contributed by atoms with van der Waals surface area (Å²) in [5, 5.41) is 9.70. The monoisotopic (exact) mass is 416 g/mol. The van der Waals surface area contributed by atoms with Crippen LogP contribution < -0.4 is 0 Å². The van der Waals surface area contributed by atoms with Crippen LogP contribution in [-0.2, 0) is 19.1 Å². The van der Waals surface area contributed by atoms with Gasteiger partial charge in [0.2, 0.25) is 0 Å². The zero-order chi connectivity index (χ0) is 22.9. The van der Waals surface area contributed by atoms with E-state index >= 15 is 0 Å². The van der Waals surface area contributed by atoms with Gasteiger partial charge in [0, 0.05) is 24.0 Å². The first kappa shape index (κ1) is 25.8. The summed E-state index contributed by atoms with van der Waals surface area (Å²) in [6.07, 6.45) is 10.8. The largest absolute Gasteiger partial charge is 0.432 e. The number of aliphatic hydroxyl groups is 1. The molecule has 0 saturated carbocycles. The summed E-state index contributed by atoms with van der Waals surface area (Å²) < 4.78 is 5.20. The van der Waals surface area contributed by atoms with Gasteiger partial charge in [-0.15, -0.1) is 0 Å². The fourth-order valence-corrected chi connectivity index (χ4v) is 3.94. The van der Waals surface area contributed by atoms with E-state index in [0.29, 0.717) is 12.0 Å². The molecule has 0 spiro atoms. The van der Waals surface area contributed by atoms with Crippen molar-refractivity contribution in [1.29, 1.82) is 0 Å². The van der Waals surface area contributed by atoms with Crippen LogP contribution in [0.15, 0.2) is 47.3 Å². The van der Waals surface area contributed by atoms with Gasteiger partial charge in [0.15, 0.2) is 5.78 Å². The van der Waals surface area contributed by atoms with Gasteiger partial charge in [0.25, 0.3) is 0 Å². The summed E-state index contributed by atoms with van der Waals surface area (Å²) in [5.41, 5.74) is 2.07. The maximum atomic E-state index is 13.1. The van der Waals surface area contributed by atoms with Gasteiger partial charge in [-0.05, 0) is 71.3 Å². The third-order valence-corrected chi connectivity index (χ3v) is 5.53. The van der Waals surface area contributed by atoms with Crippen molar-refractivity contribution < 1.29 is 24.2 Å². The second-order valence-electron chi connectivity index (χ2n) is 8.96. The first-order valence-corrected chi connectivity index (χ1v) is 10.5. The molecule has 30 heavy (non-hydrogen) atoms. The number of hydrogen-bond donors (Lipinski definition) is 1. The van der Waals surface area contributed by atoms with Crippen molar-refractivity contribution in [3.05, 3.63) is 47.3 Å². The fraction of sp³-hybridized carbons (Fsp3) is 0.560. The molecule has 0 fully saturated rings. The lowest BCUT2D eigenvalue weighted by Crippen LogP contribution is -2.35. The highest BCUT2D eigenvalue weighted by Gasteiger charge is 2.43. The van der Waals surface area contributed by atoms with E-state index in [2.05, 4.69) is 13.0 Å². The number of ether oxygens (including phenoxy) is 1. The highest BCUT2D eigenvalue weighted by molar-refractivity contribution is 6.00. The lowest BCUT2D eigenvalue weighted by Gasteiger charge is -2.38. The van der Waals surface area contributed by atoms with E-state index in [0.717, 1.165) is 18.4 Å². The van der Waals surface area contributed by atoms with E-state index < -0.39 is 11.9 Å². The lowest BCUT2D eigenvalue weighted by atomic mass is 9.65. The highest BCUT2D eigenvalue weighted by atomic mass is 16.5. The maximum absolute atomic E-state index is 13.1. The number of aliphatic hydroxyl groups excluding tert-OH is 1. The molecule has 0 aromatic heterocycles. The molecule has 0 aromatic carbocycles. The van der Waals surface area contributed by atoms with Crippen molar-refractivity contribution in [2.75, 3.05) is 6.61 Å². The third kappa shape index (κ3) is 7.86. The van der Waals surface area contributed by atoms with Crippen molar-refractivity contribution in [1.82, 2.24) is 0 Å². The zero-order valence-corrected chi connectivity index (χ0v) is 19.2. The Morgan fingerprint density at radius 2 is 1.87 bits per heavy atom. The minimum absolute atomic E-state index is 0.0841. The Kier molecular flexibility index (Phi) is 10.1. The zero-order valence-electron chi connectivity index (χ0n) is 19.2. The average molecular weight is 417 g/mol. The Morgan fingerprint density at radius 1 is 1.20 bits per heavy atom. The first-order valence-electron chi connectivity index (χ1n) is 10.5. The van der Waals surface area contributed by atoms with Crippen LogP contribution in [0.4, 0.5) is 0 Å². The van der Waals surface area contributed by atoms with Crippen molar-refractivity contribution in [3.8, 4) is 0 Å². The number of hydrogen-bond acceptors (Lipinski definition) is 5. The van der Waals surface area contributed by atoms with Crippen LogP contribution in [0.2, 0.25) is 0 Å².